The molecule has 3 aromatic heterocycles. The van der Waals surface area contributed by atoms with E-state index in [1.165, 1.54) is 32.9 Å². The van der Waals surface area contributed by atoms with Gasteiger partial charge in [0.25, 0.3) is 0 Å². The van der Waals surface area contributed by atoms with E-state index in [1.807, 2.05) is 12.1 Å². The van der Waals surface area contributed by atoms with Crippen molar-refractivity contribution in [3.05, 3.63) is 188 Å². The number of hydrogen-bond donors (Lipinski definition) is 0. The van der Waals surface area contributed by atoms with Crippen molar-refractivity contribution in [3.63, 3.8) is 0 Å². The maximum Gasteiger partial charge on any atom is 0.149 e. The molecule has 4 nitrogen and oxygen atoms in total. The number of fused-ring (bicyclic) bond motifs is 7. The molecule has 3 heterocycles. The summed E-state index contributed by atoms with van der Waals surface area (Å²) in [6.07, 6.45) is 0. The van der Waals surface area contributed by atoms with Gasteiger partial charge in [0.1, 0.15) is 17.0 Å². The highest BCUT2D eigenvalue weighted by Crippen LogP contribution is 2.43. The highest BCUT2D eigenvalue weighted by molar-refractivity contribution is 6.15. The van der Waals surface area contributed by atoms with Crippen LogP contribution in [-0.4, -0.2) is 14.1 Å². The molecule has 0 spiro atoms. The number of hydrogen-bond acceptors (Lipinski definition) is 2. The van der Waals surface area contributed by atoms with Crippen molar-refractivity contribution in [2.45, 2.75) is 0 Å². The first-order valence-electron chi connectivity index (χ1n) is 18.0. The molecule has 0 saturated heterocycles. The predicted octanol–water partition coefficient (Wildman–Crippen LogP) is 13.0. The van der Waals surface area contributed by atoms with Crippen molar-refractivity contribution < 1.29 is 4.42 Å². The Morgan fingerprint density at radius 1 is 0.358 bits per heavy atom. The molecule has 0 radical (unpaired) electrons. The second kappa shape index (κ2) is 11.7. The quantitative estimate of drug-likeness (QED) is 0.182. The van der Waals surface area contributed by atoms with Crippen LogP contribution in [0.15, 0.2) is 192 Å². The molecule has 0 saturated carbocycles. The summed E-state index contributed by atoms with van der Waals surface area (Å²) >= 11 is 0. The van der Waals surface area contributed by atoms with Crippen LogP contribution in [0.1, 0.15) is 0 Å². The number of benzene rings is 8. The number of para-hydroxylation sites is 6. The van der Waals surface area contributed by atoms with Gasteiger partial charge in [0.2, 0.25) is 0 Å². The lowest BCUT2D eigenvalue weighted by Crippen LogP contribution is -1.97. The predicted molar refractivity (Wildman–Crippen MR) is 219 cm³/mol. The van der Waals surface area contributed by atoms with Crippen LogP contribution in [0.25, 0.3) is 99.8 Å². The van der Waals surface area contributed by atoms with E-state index in [1.54, 1.807) is 0 Å². The average molecular weight is 678 g/mol. The molecule has 0 aliphatic rings. The maximum atomic E-state index is 7.00. The first kappa shape index (κ1) is 29.5. The third-order valence-corrected chi connectivity index (χ3v) is 10.5. The number of nitrogens with zero attached hydrogens (tertiary/aromatic N) is 3. The van der Waals surface area contributed by atoms with Crippen molar-refractivity contribution in [1.82, 2.24) is 14.1 Å². The molecule has 0 unspecified atom stereocenters. The lowest BCUT2D eigenvalue weighted by molar-refractivity contribution is 0.670. The zero-order chi connectivity index (χ0) is 34.9. The van der Waals surface area contributed by atoms with E-state index in [4.69, 9.17) is 9.40 Å². The molecule has 0 N–H and O–H groups in total. The van der Waals surface area contributed by atoms with Crippen LogP contribution >= 0.6 is 0 Å². The lowest BCUT2D eigenvalue weighted by Gasteiger charge is -2.09. The fourth-order valence-corrected chi connectivity index (χ4v) is 8.12. The molecule has 0 fully saturated rings. The maximum absolute atomic E-state index is 7.00. The Hall–Kier alpha value is -7.17. The minimum atomic E-state index is 0.830. The summed E-state index contributed by atoms with van der Waals surface area (Å²) in [5.41, 5.74) is 13.8. The third-order valence-electron chi connectivity index (χ3n) is 10.5. The van der Waals surface area contributed by atoms with Gasteiger partial charge >= 0.3 is 0 Å². The first-order valence-corrected chi connectivity index (χ1v) is 18.0. The van der Waals surface area contributed by atoms with Gasteiger partial charge in [0.15, 0.2) is 0 Å². The number of imidazole rings is 1. The zero-order valence-corrected chi connectivity index (χ0v) is 28.6. The molecule has 11 rings (SSSR count). The fraction of sp³-hybridized carbons (Fsp3) is 0. The minimum absolute atomic E-state index is 0.830. The Morgan fingerprint density at radius 2 is 0.906 bits per heavy atom. The van der Waals surface area contributed by atoms with Crippen molar-refractivity contribution in [2.75, 3.05) is 0 Å². The standard InChI is InChI=1S/C49H31N3O/c1-4-14-32(15-5-1)33-26-28-44-41(30-33)42-31-34(27-29-45(42)51(44)35-16-6-2-7-17-35)37-20-12-21-38-39-22-13-23-40(48(39)53-47(37)38)49-50-43-24-10-11-25-46(43)52(49)36-18-8-3-9-19-36/h1-31H. The molecule has 0 atom stereocenters. The summed E-state index contributed by atoms with van der Waals surface area (Å²) in [6, 6.07) is 66.5. The largest absolute Gasteiger partial charge is 0.455 e. The van der Waals surface area contributed by atoms with E-state index in [0.29, 0.717) is 0 Å². The van der Waals surface area contributed by atoms with Crippen molar-refractivity contribution in [2.24, 2.45) is 0 Å². The molecule has 0 bridgehead atoms. The van der Waals surface area contributed by atoms with Crippen LogP contribution in [0.4, 0.5) is 0 Å². The highest BCUT2D eigenvalue weighted by atomic mass is 16.3. The molecule has 11 aromatic rings. The van der Waals surface area contributed by atoms with Crippen molar-refractivity contribution >= 4 is 54.8 Å². The van der Waals surface area contributed by atoms with Gasteiger partial charge in [-0.1, -0.05) is 121 Å². The summed E-state index contributed by atoms with van der Waals surface area (Å²) in [7, 11) is 0. The molecular formula is C49H31N3O. The Labute approximate surface area is 305 Å². The number of aromatic nitrogens is 3. The molecule has 248 valence electrons. The van der Waals surface area contributed by atoms with E-state index in [0.717, 1.165) is 66.9 Å². The van der Waals surface area contributed by atoms with Crippen LogP contribution < -0.4 is 0 Å². The Morgan fingerprint density at radius 3 is 1.60 bits per heavy atom. The molecule has 4 heteroatoms. The third kappa shape index (κ3) is 4.59. The van der Waals surface area contributed by atoms with Gasteiger partial charge in [-0.2, -0.15) is 0 Å². The molecule has 0 aliphatic heterocycles. The van der Waals surface area contributed by atoms with Crippen LogP contribution in [0.3, 0.4) is 0 Å². The summed E-state index contributed by atoms with van der Waals surface area (Å²) in [5, 5.41) is 4.57. The molecular weight excluding hydrogens is 647 g/mol. The Kier molecular flexibility index (Phi) is 6.52. The summed E-state index contributed by atoms with van der Waals surface area (Å²) in [6.45, 7) is 0. The molecule has 53 heavy (non-hydrogen) atoms. The average Bonchev–Trinajstić information content (AvgIpc) is 3.91. The van der Waals surface area contributed by atoms with Crippen molar-refractivity contribution in [1.29, 1.82) is 0 Å². The van der Waals surface area contributed by atoms with E-state index < -0.39 is 0 Å². The summed E-state index contributed by atoms with van der Waals surface area (Å²) in [5.74, 6) is 0.855. The second-order valence-electron chi connectivity index (χ2n) is 13.6. The van der Waals surface area contributed by atoms with Gasteiger partial charge in [-0.05, 0) is 83.4 Å². The van der Waals surface area contributed by atoms with Gasteiger partial charge in [-0.15, -0.1) is 0 Å². The smallest absolute Gasteiger partial charge is 0.149 e. The SMILES string of the molecule is c1ccc(-c2ccc3c(c2)c2cc(-c4cccc5c4oc4c(-c6nc7ccccc7n6-c6ccccc6)cccc45)ccc2n3-c2ccccc2)cc1. The number of furan rings is 1. The van der Waals surface area contributed by atoms with E-state index in [9.17, 15) is 0 Å². The van der Waals surface area contributed by atoms with E-state index in [-0.39, 0.29) is 0 Å². The molecule has 0 amide bonds. The Balaban J connectivity index is 1.14. The number of rotatable bonds is 5. The van der Waals surface area contributed by atoms with E-state index in [2.05, 4.69) is 185 Å². The highest BCUT2D eigenvalue weighted by Gasteiger charge is 2.21. The minimum Gasteiger partial charge on any atom is -0.455 e. The van der Waals surface area contributed by atoms with Crippen LogP contribution in [-0.2, 0) is 0 Å². The molecule has 8 aromatic carbocycles. The zero-order valence-electron chi connectivity index (χ0n) is 28.6. The van der Waals surface area contributed by atoms with Crippen LogP contribution in [0.2, 0.25) is 0 Å². The lowest BCUT2D eigenvalue weighted by atomic mass is 9.99. The van der Waals surface area contributed by atoms with Gasteiger partial charge < -0.3 is 8.98 Å². The monoisotopic (exact) mass is 677 g/mol. The van der Waals surface area contributed by atoms with Gasteiger partial charge in [0, 0.05) is 38.5 Å². The molecule has 0 aliphatic carbocycles. The fourth-order valence-electron chi connectivity index (χ4n) is 8.12. The second-order valence-corrected chi connectivity index (χ2v) is 13.6. The first-order chi connectivity index (χ1) is 26.3. The van der Waals surface area contributed by atoms with Gasteiger partial charge in [0.05, 0.1) is 27.6 Å². The van der Waals surface area contributed by atoms with E-state index >= 15 is 0 Å². The van der Waals surface area contributed by atoms with Gasteiger partial charge in [-0.3, -0.25) is 4.57 Å². The summed E-state index contributed by atoms with van der Waals surface area (Å²) in [4.78, 5) is 5.18. The Bertz CT molecular complexity index is 3150. The van der Waals surface area contributed by atoms with Gasteiger partial charge in [-0.25, -0.2) is 4.98 Å². The normalized spacial score (nSPS) is 11.8. The topological polar surface area (TPSA) is 35.9 Å². The van der Waals surface area contributed by atoms with Crippen LogP contribution in [0.5, 0.6) is 0 Å². The van der Waals surface area contributed by atoms with Crippen LogP contribution in [0, 0.1) is 0 Å². The van der Waals surface area contributed by atoms with Crippen molar-refractivity contribution in [3.8, 4) is 45.0 Å². The summed E-state index contributed by atoms with van der Waals surface area (Å²) < 4.78 is 11.6.